The summed E-state index contributed by atoms with van der Waals surface area (Å²) in [4.78, 5) is 0. The van der Waals surface area contributed by atoms with E-state index in [1.807, 2.05) is 13.8 Å². The third-order valence-electron chi connectivity index (χ3n) is 1.69. The molecule has 1 saturated heterocycles. The second-order valence-corrected chi connectivity index (χ2v) is 5.31. The van der Waals surface area contributed by atoms with Crippen molar-refractivity contribution < 1.29 is 40.8 Å². The van der Waals surface area contributed by atoms with Crippen LogP contribution in [0.3, 0.4) is 0 Å². The number of hydrogen-bond donors (Lipinski definition) is 2. The zero-order valence-corrected chi connectivity index (χ0v) is 15.5. The minimum absolute atomic E-state index is 0. The fourth-order valence-electron chi connectivity index (χ4n) is 1.25. The molecular formula is C13H30N2O4Pt. The molecule has 0 radical (unpaired) electrons. The van der Waals surface area contributed by atoms with Crippen molar-refractivity contribution in [3.8, 4) is 0 Å². The first-order valence-electron chi connectivity index (χ1n) is 6.56. The van der Waals surface area contributed by atoms with Crippen LogP contribution < -0.4 is 0 Å². The molecule has 0 spiro atoms. The Hall–Kier alpha value is 0.448. The van der Waals surface area contributed by atoms with Crippen molar-refractivity contribution in [2.75, 3.05) is 13.1 Å². The van der Waals surface area contributed by atoms with Crippen LogP contribution in [0.1, 0.15) is 41.5 Å². The first-order valence-corrected chi connectivity index (χ1v) is 6.56. The molecule has 1 fully saturated rings. The summed E-state index contributed by atoms with van der Waals surface area (Å²) in [6.45, 7) is 10.9. The zero-order valence-electron chi connectivity index (χ0n) is 13.3. The number of hydrogen-bond acceptors (Lipinski definition) is 4. The van der Waals surface area contributed by atoms with Crippen LogP contribution in [0.15, 0.2) is 0 Å². The van der Waals surface area contributed by atoms with Gasteiger partial charge in [0.1, 0.15) is 0 Å². The third-order valence-corrected chi connectivity index (χ3v) is 1.69. The van der Waals surface area contributed by atoms with Crippen molar-refractivity contribution in [1.29, 1.82) is 0 Å². The monoisotopic (exact) mass is 473 g/mol. The van der Waals surface area contributed by atoms with E-state index in [1.54, 1.807) is 27.7 Å². The van der Waals surface area contributed by atoms with Crippen LogP contribution in [0.25, 0.3) is 11.5 Å². The summed E-state index contributed by atoms with van der Waals surface area (Å²) < 4.78 is 10.7. The van der Waals surface area contributed by atoms with Crippen molar-refractivity contribution in [2.24, 2.45) is 0 Å². The molecule has 0 aliphatic carbocycles. The SMILES string of the molecule is CC(C)O.CC(C)O.CC1(C)OC(C[NH-])C(C[NH-])O1.[Pt+2]. The largest absolute Gasteiger partial charge is 2.00 e. The molecule has 0 bridgehead atoms. The number of nitrogens with one attached hydrogen (secondary N) is 2. The quantitative estimate of drug-likeness (QED) is 0.642. The zero-order chi connectivity index (χ0) is 15.6. The number of aliphatic hydroxyl groups excluding tert-OH is 2. The third kappa shape index (κ3) is 16.5. The molecule has 6 nitrogen and oxygen atoms in total. The van der Waals surface area contributed by atoms with Gasteiger partial charge in [-0.3, -0.25) is 0 Å². The van der Waals surface area contributed by atoms with Gasteiger partial charge in [-0.2, -0.15) is 0 Å². The van der Waals surface area contributed by atoms with Gasteiger partial charge in [0.2, 0.25) is 0 Å². The van der Waals surface area contributed by atoms with E-state index in [0.717, 1.165) is 0 Å². The van der Waals surface area contributed by atoms with E-state index in [4.69, 9.17) is 31.2 Å². The fourth-order valence-corrected chi connectivity index (χ4v) is 1.25. The summed E-state index contributed by atoms with van der Waals surface area (Å²) in [5.41, 5.74) is 14.2. The van der Waals surface area contributed by atoms with Crippen LogP contribution in [0.2, 0.25) is 0 Å². The maximum atomic E-state index is 8.06. The molecule has 7 heteroatoms. The Morgan fingerprint density at radius 2 is 1.10 bits per heavy atom. The van der Waals surface area contributed by atoms with Crippen LogP contribution in [-0.4, -0.2) is 53.5 Å². The van der Waals surface area contributed by atoms with Crippen molar-refractivity contribution in [2.45, 2.75) is 71.7 Å². The Balaban J connectivity index is -0.000000272. The number of rotatable bonds is 2. The molecule has 0 saturated carbocycles. The van der Waals surface area contributed by atoms with E-state index in [1.165, 1.54) is 0 Å². The second-order valence-electron chi connectivity index (χ2n) is 5.31. The van der Waals surface area contributed by atoms with Gasteiger partial charge in [-0.1, -0.05) is 0 Å². The molecule has 1 heterocycles. The Morgan fingerprint density at radius 3 is 1.25 bits per heavy atom. The molecule has 126 valence electrons. The summed E-state index contributed by atoms with van der Waals surface area (Å²) in [6.07, 6.45) is -0.773. The maximum absolute atomic E-state index is 8.06. The summed E-state index contributed by atoms with van der Waals surface area (Å²) >= 11 is 0. The van der Waals surface area contributed by atoms with Gasteiger partial charge in [0.15, 0.2) is 5.79 Å². The van der Waals surface area contributed by atoms with Crippen molar-refractivity contribution >= 4 is 0 Å². The Bertz CT molecular complexity index is 191. The molecule has 2 atom stereocenters. The topological polar surface area (TPSA) is 107 Å². The first-order chi connectivity index (χ1) is 8.55. The van der Waals surface area contributed by atoms with E-state index in [0.29, 0.717) is 0 Å². The molecule has 0 aromatic heterocycles. The van der Waals surface area contributed by atoms with Gasteiger partial charge >= 0.3 is 21.1 Å². The Labute approximate surface area is 137 Å². The van der Waals surface area contributed by atoms with Gasteiger partial charge < -0.3 is 31.2 Å². The summed E-state index contributed by atoms with van der Waals surface area (Å²) in [6, 6.07) is 0. The van der Waals surface area contributed by atoms with Crippen LogP contribution in [0, 0.1) is 0 Å². The molecule has 0 amide bonds. The van der Waals surface area contributed by atoms with Crippen LogP contribution in [-0.2, 0) is 30.5 Å². The van der Waals surface area contributed by atoms with Crippen molar-refractivity contribution in [1.82, 2.24) is 0 Å². The van der Waals surface area contributed by atoms with E-state index in [-0.39, 0.29) is 58.6 Å². The second kappa shape index (κ2) is 13.1. The molecule has 2 unspecified atom stereocenters. The number of ether oxygens (including phenoxy) is 2. The average molecular weight is 473 g/mol. The molecular weight excluding hydrogens is 443 g/mol. The average Bonchev–Trinajstić information content (AvgIpc) is 2.51. The molecule has 1 aliphatic heterocycles. The molecule has 20 heavy (non-hydrogen) atoms. The van der Waals surface area contributed by atoms with Gasteiger partial charge in [0.25, 0.3) is 0 Å². The summed E-state index contributed by atoms with van der Waals surface area (Å²) in [5, 5.41) is 16.1. The predicted molar refractivity (Wildman–Crippen MR) is 76.9 cm³/mol. The summed E-state index contributed by atoms with van der Waals surface area (Å²) in [7, 11) is 0. The molecule has 0 aromatic rings. The van der Waals surface area contributed by atoms with Crippen LogP contribution >= 0.6 is 0 Å². The number of aliphatic hydroxyl groups is 2. The van der Waals surface area contributed by atoms with Gasteiger partial charge in [0, 0.05) is 12.2 Å². The maximum Gasteiger partial charge on any atom is 2.00 e. The Kier molecular flexibility index (Phi) is 16.7. The normalized spacial score (nSPS) is 23.4. The van der Waals surface area contributed by atoms with Gasteiger partial charge in [-0.25, -0.2) is 0 Å². The van der Waals surface area contributed by atoms with Gasteiger partial charge in [-0.15, -0.1) is 13.1 Å². The van der Waals surface area contributed by atoms with Crippen LogP contribution in [0.4, 0.5) is 0 Å². The molecule has 1 aliphatic rings. The van der Waals surface area contributed by atoms with Gasteiger partial charge in [-0.05, 0) is 41.5 Å². The van der Waals surface area contributed by atoms with E-state index >= 15 is 0 Å². The molecule has 0 aromatic carbocycles. The van der Waals surface area contributed by atoms with Crippen molar-refractivity contribution in [3.05, 3.63) is 11.5 Å². The molecule has 4 N–H and O–H groups in total. The fraction of sp³-hybridized carbons (Fsp3) is 1.00. The van der Waals surface area contributed by atoms with E-state index < -0.39 is 5.79 Å². The van der Waals surface area contributed by atoms with E-state index in [2.05, 4.69) is 0 Å². The minimum atomic E-state index is -0.600. The smallest absolute Gasteiger partial charge is 0.675 e. The summed E-state index contributed by atoms with van der Waals surface area (Å²) in [5.74, 6) is -0.600. The van der Waals surface area contributed by atoms with Gasteiger partial charge in [0.05, 0.1) is 12.2 Å². The Morgan fingerprint density at radius 1 is 0.900 bits per heavy atom. The standard InChI is InChI=1S/C7H14N2O2.2C3H8O.Pt/c1-7(2)10-5(3-8)6(4-9)11-7;2*1-3(2)4;/h5-6,8-9H,3-4H2,1-2H3;2*3-4H,1-2H3;/q-2;;;+2. The van der Waals surface area contributed by atoms with Crippen molar-refractivity contribution in [3.63, 3.8) is 0 Å². The first kappa shape index (κ1) is 25.4. The van der Waals surface area contributed by atoms with Crippen LogP contribution in [0.5, 0.6) is 0 Å². The predicted octanol–water partition coefficient (Wildman–Crippen LogP) is 2.38. The van der Waals surface area contributed by atoms with E-state index in [9.17, 15) is 0 Å². The minimum Gasteiger partial charge on any atom is -0.675 e. The molecule has 1 rings (SSSR count).